The Labute approximate surface area is 172 Å². The lowest BCUT2D eigenvalue weighted by molar-refractivity contribution is 0.419. The molecular weight excluding hydrogens is 447 g/mol. The zero-order valence-corrected chi connectivity index (χ0v) is 18.6. The summed E-state index contributed by atoms with van der Waals surface area (Å²) in [6.45, 7) is 9.18. The zero-order chi connectivity index (χ0) is 17.4. The lowest BCUT2D eigenvalue weighted by Gasteiger charge is -2.30. The van der Waals surface area contributed by atoms with Gasteiger partial charge in [0.25, 0.3) is 0 Å². The molecule has 1 aromatic rings. The first-order valence-corrected chi connectivity index (χ1v) is 9.81. The monoisotopic (exact) mass is 478 g/mol. The quantitative estimate of drug-likeness (QED) is 0.273. The van der Waals surface area contributed by atoms with Crippen molar-refractivity contribution < 1.29 is 0 Å². The highest BCUT2D eigenvalue weighted by Crippen LogP contribution is 2.28. The van der Waals surface area contributed by atoms with Crippen molar-refractivity contribution >= 4 is 41.7 Å². The first kappa shape index (κ1) is 22.3. The number of nitrogens with zero attached hydrogens (tertiary/aromatic N) is 4. The van der Waals surface area contributed by atoms with Crippen LogP contribution in [0.5, 0.6) is 0 Å². The number of halogens is 1. The number of aryl methyl sites for hydroxylation is 1. The Morgan fingerprint density at radius 2 is 2.24 bits per heavy atom. The highest BCUT2D eigenvalue weighted by atomic mass is 127. The molecule has 142 valence electrons. The molecule has 1 fully saturated rings. The van der Waals surface area contributed by atoms with Crippen molar-refractivity contribution in [1.29, 1.82) is 0 Å². The van der Waals surface area contributed by atoms with Gasteiger partial charge in [0, 0.05) is 24.9 Å². The van der Waals surface area contributed by atoms with Gasteiger partial charge >= 0.3 is 0 Å². The molecule has 0 aromatic carbocycles. The molecule has 2 N–H and O–H groups in total. The van der Waals surface area contributed by atoms with Crippen molar-refractivity contribution in [1.82, 2.24) is 25.4 Å². The number of guanidine groups is 1. The maximum absolute atomic E-state index is 4.69. The standard InChI is InChI=1S/C17H30N6S.HI/c1-5-10-18-17(19-12-16-22-21-13(3)23(16)4)20-14-8-7-9-15(11-14)24-6-2;/h5,14-15H,1,6-12H2,2-4H3,(H2,18,19,20);1H. The second-order valence-electron chi connectivity index (χ2n) is 6.14. The molecule has 25 heavy (non-hydrogen) atoms. The van der Waals surface area contributed by atoms with Crippen molar-refractivity contribution in [3.05, 3.63) is 24.3 Å². The number of hydrogen-bond donors (Lipinski definition) is 2. The predicted molar refractivity (Wildman–Crippen MR) is 118 cm³/mol. The Hall–Kier alpha value is -0.770. The topological polar surface area (TPSA) is 67.1 Å². The molecule has 0 radical (unpaired) electrons. The molecule has 0 aliphatic heterocycles. The molecule has 1 aliphatic rings. The summed E-state index contributed by atoms with van der Waals surface area (Å²) in [5.41, 5.74) is 0. The van der Waals surface area contributed by atoms with Gasteiger partial charge in [0.15, 0.2) is 11.8 Å². The molecular formula is C17H31IN6S. The van der Waals surface area contributed by atoms with E-state index >= 15 is 0 Å². The third kappa shape index (κ3) is 7.16. The van der Waals surface area contributed by atoms with E-state index in [0.717, 1.165) is 22.9 Å². The van der Waals surface area contributed by atoms with Gasteiger partial charge in [-0.05, 0) is 31.9 Å². The Bertz CT molecular complexity index is 557. The van der Waals surface area contributed by atoms with Crippen LogP contribution in [0.4, 0.5) is 0 Å². The van der Waals surface area contributed by atoms with E-state index in [0.29, 0.717) is 19.1 Å². The first-order chi connectivity index (χ1) is 11.6. The molecule has 0 saturated heterocycles. The average molecular weight is 478 g/mol. The molecule has 2 atom stereocenters. The van der Waals surface area contributed by atoms with E-state index in [1.54, 1.807) is 0 Å². The van der Waals surface area contributed by atoms with Gasteiger partial charge in [0.1, 0.15) is 12.4 Å². The minimum Gasteiger partial charge on any atom is -0.354 e. The van der Waals surface area contributed by atoms with Crippen molar-refractivity contribution in [2.24, 2.45) is 12.0 Å². The Kier molecular flexibility index (Phi) is 10.5. The fourth-order valence-corrected chi connectivity index (χ4v) is 4.09. The van der Waals surface area contributed by atoms with E-state index in [9.17, 15) is 0 Å². The van der Waals surface area contributed by atoms with Gasteiger partial charge in [-0.3, -0.25) is 0 Å². The van der Waals surface area contributed by atoms with Crippen LogP contribution in [-0.2, 0) is 13.6 Å². The Morgan fingerprint density at radius 3 is 2.88 bits per heavy atom. The second-order valence-corrected chi connectivity index (χ2v) is 7.72. The van der Waals surface area contributed by atoms with Crippen molar-refractivity contribution in [3.63, 3.8) is 0 Å². The van der Waals surface area contributed by atoms with Gasteiger partial charge in [-0.15, -0.1) is 40.8 Å². The molecule has 1 aliphatic carbocycles. The molecule has 0 bridgehead atoms. The van der Waals surface area contributed by atoms with Crippen LogP contribution in [0.15, 0.2) is 17.6 Å². The summed E-state index contributed by atoms with van der Waals surface area (Å²) >= 11 is 2.08. The van der Waals surface area contributed by atoms with E-state index in [2.05, 4.69) is 51.1 Å². The maximum Gasteiger partial charge on any atom is 0.192 e. The van der Waals surface area contributed by atoms with Crippen LogP contribution >= 0.6 is 35.7 Å². The van der Waals surface area contributed by atoms with Crippen molar-refractivity contribution in [3.8, 4) is 0 Å². The van der Waals surface area contributed by atoms with E-state index < -0.39 is 0 Å². The van der Waals surface area contributed by atoms with E-state index in [-0.39, 0.29) is 24.0 Å². The summed E-state index contributed by atoms with van der Waals surface area (Å²) in [5, 5.41) is 15.9. The molecule has 1 saturated carbocycles. The SMILES string of the molecule is C=CCNC(=NCc1nnc(C)n1C)NC1CCCC(SCC)C1.I. The van der Waals surface area contributed by atoms with Crippen molar-refractivity contribution in [2.45, 2.75) is 57.4 Å². The number of hydrogen-bond acceptors (Lipinski definition) is 4. The zero-order valence-electron chi connectivity index (χ0n) is 15.5. The summed E-state index contributed by atoms with van der Waals surface area (Å²) in [4.78, 5) is 4.69. The fourth-order valence-electron chi connectivity index (χ4n) is 2.92. The average Bonchev–Trinajstić information content (AvgIpc) is 2.90. The van der Waals surface area contributed by atoms with E-state index in [1.165, 1.54) is 31.4 Å². The van der Waals surface area contributed by atoms with E-state index in [1.807, 2.05) is 24.6 Å². The number of thioether (sulfide) groups is 1. The van der Waals surface area contributed by atoms with Gasteiger partial charge in [-0.25, -0.2) is 4.99 Å². The van der Waals surface area contributed by atoms with Crippen LogP contribution in [0.1, 0.15) is 44.3 Å². The van der Waals surface area contributed by atoms with Crippen molar-refractivity contribution in [2.75, 3.05) is 12.3 Å². The number of aromatic nitrogens is 3. The lowest BCUT2D eigenvalue weighted by atomic mass is 9.95. The Balaban J connectivity index is 0.00000312. The molecule has 2 unspecified atom stereocenters. The third-order valence-corrected chi connectivity index (χ3v) is 5.58. The third-order valence-electron chi connectivity index (χ3n) is 4.34. The smallest absolute Gasteiger partial charge is 0.192 e. The fraction of sp³-hybridized carbons (Fsp3) is 0.706. The largest absolute Gasteiger partial charge is 0.354 e. The van der Waals surface area contributed by atoms with Gasteiger partial charge < -0.3 is 15.2 Å². The minimum absolute atomic E-state index is 0. The van der Waals surface area contributed by atoms with Crippen LogP contribution < -0.4 is 10.6 Å². The Morgan fingerprint density at radius 1 is 1.44 bits per heavy atom. The molecule has 0 amide bonds. The normalized spacial score (nSPS) is 20.7. The number of nitrogens with one attached hydrogen (secondary N) is 2. The summed E-state index contributed by atoms with van der Waals surface area (Å²) in [7, 11) is 1.97. The molecule has 2 rings (SSSR count). The molecule has 8 heteroatoms. The summed E-state index contributed by atoms with van der Waals surface area (Å²) < 4.78 is 1.98. The highest BCUT2D eigenvalue weighted by molar-refractivity contribution is 14.0. The van der Waals surface area contributed by atoms with Gasteiger partial charge in [0.2, 0.25) is 0 Å². The van der Waals surface area contributed by atoms with E-state index in [4.69, 9.17) is 0 Å². The van der Waals surface area contributed by atoms with Gasteiger partial charge in [-0.1, -0.05) is 19.4 Å². The van der Waals surface area contributed by atoms with Crippen LogP contribution in [-0.4, -0.2) is 44.3 Å². The van der Waals surface area contributed by atoms with Crippen LogP contribution in [0.2, 0.25) is 0 Å². The summed E-state index contributed by atoms with van der Waals surface area (Å²) in [5.74, 6) is 3.80. The predicted octanol–water partition coefficient (Wildman–Crippen LogP) is 3.03. The summed E-state index contributed by atoms with van der Waals surface area (Å²) in [6.07, 6.45) is 6.88. The van der Waals surface area contributed by atoms with Crippen LogP contribution in [0.3, 0.4) is 0 Å². The lowest BCUT2D eigenvalue weighted by Crippen LogP contribution is -2.45. The van der Waals surface area contributed by atoms with Gasteiger partial charge in [-0.2, -0.15) is 11.8 Å². The second kappa shape index (κ2) is 11.8. The first-order valence-electron chi connectivity index (χ1n) is 8.76. The van der Waals surface area contributed by atoms with Crippen LogP contribution in [0, 0.1) is 6.92 Å². The number of aliphatic imine (C=N–C) groups is 1. The highest BCUT2D eigenvalue weighted by Gasteiger charge is 2.22. The van der Waals surface area contributed by atoms with Crippen LogP contribution in [0.25, 0.3) is 0 Å². The summed E-state index contributed by atoms with van der Waals surface area (Å²) in [6, 6.07) is 0.486. The maximum atomic E-state index is 4.69. The van der Waals surface area contributed by atoms with Gasteiger partial charge in [0.05, 0.1) is 0 Å². The number of rotatable bonds is 7. The molecule has 1 aromatic heterocycles. The molecule has 6 nitrogen and oxygen atoms in total. The molecule has 0 spiro atoms. The molecule has 1 heterocycles. The minimum atomic E-state index is 0.